The number of amides is 3. The monoisotopic (exact) mass is 518 g/mol. The molecule has 0 aromatic heterocycles. The van der Waals surface area contributed by atoms with Gasteiger partial charge in [-0.2, -0.15) is 0 Å². The maximum absolute atomic E-state index is 13.2. The van der Waals surface area contributed by atoms with Crippen molar-refractivity contribution < 1.29 is 23.8 Å². The summed E-state index contributed by atoms with van der Waals surface area (Å²) in [6.07, 6.45) is 6.64. The highest BCUT2D eigenvalue weighted by molar-refractivity contribution is 6.00. The molecule has 2 aromatic carbocycles. The largest absolute Gasteiger partial charge is 0.489 e. The minimum atomic E-state index is -0.963. The van der Waals surface area contributed by atoms with Crippen molar-refractivity contribution in [1.82, 2.24) is 15.8 Å². The number of anilines is 1. The molecule has 3 N–H and O–H groups in total. The minimum Gasteiger partial charge on any atom is -0.489 e. The second-order valence-corrected chi connectivity index (χ2v) is 10.0. The smallest absolute Gasteiger partial charge is 0.336 e. The van der Waals surface area contributed by atoms with Crippen LogP contribution >= 0.6 is 0 Å². The van der Waals surface area contributed by atoms with E-state index in [9.17, 15) is 19.1 Å². The van der Waals surface area contributed by atoms with Gasteiger partial charge in [0.2, 0.25) is 0 Å². The number of fused-ring (bicyclic) bond motifs is 1. The van der Waals surface area contributed by atoms with Crippen LogP contribution in [0.5, 0.6) is 5.75 Å². The van der Waals surface area contributed by atoms with E-state index in [1.807, 2.05) is 0 Å². The van der Waals surface area contributed by atoms with Gasteiger partial charge in [-0.15, -0.1) is 0 Å². The molecule has 9 heteroatoms. The molecule has 1 saturated carbocycles. The number of halogens is 1. The second-order valence-electron chi connectivity index (χ2n) is 10.0. The molecule has 2 aliphatic heterocycles. The summed E-state index contributed by atoms with van der Waals surface area (Å²) in [5, 5.41) is 14.8. The number of aliphatic hydroxyl groups is 1. The van der Waals surface area contributed by atoms with Crippen LogP contribution in [0, 0.1) is 17.7 Å². The number of hydrazine groups is 1. The van der Waals surface area contributed by atoms with Gasteiger partial charge in [0.05, 0.1) is 5.69 Å². The van der Waals surface area contributed by atoms with Crippen molar-refractivity contribution in [3.05, 3.63) is 71.2 Å². The summed E-state index contributed by atoms with van der Waals surface area (Å²) in [5.74, 6) is 5.99. The summed E-state index contributed by atoms with van der Waals surface area (Å²) in [4.78, 5) is 27.6. The highest BCUT2D eigenvalue weighted by atomic mass is 19.1. The van der Waals surface area contributed by atoms with Gasteiger partial charge in [0.15, 0.2) is 0 Å². The normalized spacial score (nSPS) is 20.4. The predicted octanol–water partition coefficient (Wildman–Crippen LogP) is 3.25. The van der Waals surface area contributed by atoms with Gasteiger partial charge >= 0.3 is 6.03 Å². The lowest BCUT2D eigenvalue weighted by Gasteiger charge is -2.26. The first-order chi connectivity index (χ1) is 18.3. The van der Waals surface area contributed by atoms with Crippen LogP contribution in [0.15, 0.2) is 54.2 Å². The molecular weight excluding hydrogens is 487 g/mol. The van der Waals surface area contributed by atoms with Crippen molar-refractivity contribution in [2.45, 2.75) is 50.2 Å². The van der Waals surface area contributed by atoms with Gasteiger partial charge in [0, 0.05) is 25.4 Å². The average molecular weight is 519 g/mol. The number of rotatable bonds is 3. The number of hydrogen-bond acceptors (Lipinski definition) is 5. The lowest BCUT2D eigenvalue weighted by atomic mass is 9.85. The molecule has 3 amide bonds. The van der Waals surface area contributed by atoms with E-state index in [4.69, 9.17) is 4.74 Å². The van der Waals surface area contributed by atoms with Gasteiger partial charge < -0.3 is 20.1 Å². The number of ether oxygens (including phenoxy) is 1. The number of carbonyl (C=O) groups is 2. The Morgan fingerprint density at radius 1 is 1.21 bits per heavy atom. The Labute approximate surface area is 221 Å². The van der Waals surface area contributed by atoms with Crippen LogP contribution in [0.3, 0.4) is 0 Å². The van der Waals surface area contributed by atoms with Crippen LogP contribution in [-0.4, -0.2) is 53.9 Å². The fourth-order valence-corrected chi connectivity index (χ4v) is 4.91. The predicted molar refractivity (Wildman–Crippen MR) is 141 cm³/mol. The Balaban J connectivity index is 1.23. The Kier molecular flexibility index (Phi) is 7.36. The molecule has 5 rings (SSSR count). The van der Waals surface area contributed by atoms with Crippen LogP contribution in [0.4, 0.5) is 14.9 Å². The maximum atomic E-state index is 13.2. The quantitative estimate of drug-likeness (QED) is 0.543. The lowest BCUT2D eigenvalue weighted by Crippen LogP contribution is -2.53. The van der Waals surface area contributed by atoms with E-state index in [2.05, 4.69) is 22.6 Å². The molecule has 1 fully saturated rings. The molecule has 1 atom stereocenters. The van der Waals surface area contributed by atoms with E-state index in [-0.39, 0.29) is 18.3 Å². The zero-order valence-corrected chi connectivity index (χ0v) is 21.3. The molecule has 0 bridgehead atoms. The molecule has 0 unspecified atom stereocenters. The first-order valence-corrected chi connectivity index (χ1v) is 12.9. The molecule has 198 valence electrons. The summed E-state index contributed by atoms with van der Waals surface area (Å²) in [7, 11) is 1.63. The Morgan fingerprint density at radius 3 is 2.74 bits per heavy atom. The topological polar surface area (TPSA) is 94.1 Å². The van der Waals surface area contributed by atoms with E-state index >= 15 is 0 Å². The van der Waals surface area contributed by atoms with E-state index in [1.54, 1.807) is 43.6 Å². The van der Waals surface area contributed by atoms with Gasteiger partial charge in [-0.05, 0) is 73.6 Å². The van der Waals surface area contributed by atoms with Crippen molar-refractivity contribution in [3.8, 4) is 17.6 Å². The number of urea groups is 1. The number of carbonyl (C=O) groups excluding carboxylic acids is 2. The molecule has 0 spiro atoms. The van der Waals surface area contributed by atoms with Crippen molar-refractivity contribution in [3.63, 3.8) is 0 Å². The third-order valence-electron chi connectivity index (χ3n) is 7.12. The van der Waals surface area contributed by atoms with Crippen molar-refractivity contribution in [1.29, 1.82) is 0 Å². The fourth-order valence-electron chi connectivity index (χ4n) is 4.91. The number of likely N-dealkylation sites (N-methyl/N-ethyl adjacent to an activating group) is 1. The van der Waals surface area contributed by atoms with Crippen LogP contribution < -0.4 is 20.4 Å². The Bertz CT molecular complexity index is 1310. The summed E-state index contributed by atoms with van der Waals surface area (Å²) in [5.41, 5.74) is 5.14. The van der Waals surface area contributed by atoms with Gasteiger partial charge in [-0.3, -0.25) is 4.79 Å². The van der Waals surface area contributed by atoms with Gasteiger partial charge in [0.1, 0.15) is 29.8 Å². The summed E-state index contributed by atoms with van der Waals surface area (Å²) >= 11 is 0. The van der Waals surface area contributed by atoms with Crippen molar-refractivity contribution in [2.75, 3.05) is 25.1 Å². The fraction of sp³-hybridized carbons (Fsp3) is 0.379. The third kappa shape index (κ3) is 5.82. The molecule has 2 heterocycles. The molecular formula is C29H31FN4O4. The Morgan fingerprint density at radius 2 is 1.97 bits per heavy atom. The zero-order valence-electron chi connectivity index (χ0n) is 21.3. The molecule has 2 aromatic rings. The molecule has 38 heavy (non-hydrogen) atoms. The minimum absolute atomic E-state index is 0.0212. The lowest BCUT2D eigenvalue weighted by molar-refractivity contribution is -0.120. The first-order valence-electron chi connectivity index (χ1n) is 12.9. The van der Waals surface area contributed by atoms with E-state index in [0.29, 0.717) is 42.8 Å². The van der Waals surface area contributed by atoms with Gasteiger partial charge in [0.25, 0.3) is 5.91 Å². The number of nitrogens with one attached hydrogen (secondary N) is 2. The third-order valence-corrected chi connectivity index (χ3v) is 7.12. The highest BCUT2D eigenvalue weighted by Gasteiger charge is 2.32. The summed E-state index contributed by atoms with van der Waals surface area (Å²) in [6, 6.07) is 10.2. The SMILES string of the molecule is CN1C(=O)[C@@H](NC(=O)N2C=C(Cc3ccc(F)cc3)CN2)COc2ccc(C#CC3(O)CCCCC3)cc21. The maximum Gasteiger partial charge on any atom is 0.336 e. The van der Waals surface area contributed by atoms with E-state index < -0.39 is 17.7 Å². The zero-order chi connectivity index (χ0) is 26.7. The van der Waals surface area contributed by atoms with Crippen LogP contribution in [0.2, 0.25) is 0 Å². The molecule has 0 saturated heterocycles. The Hall–Kier alpha value is -3.87. The molecule has 8 nitrogen and oxygen atoms in total. The number of benzene rings is 2. The number of nitrogens with zero attached hydrogens (tertiary/aromatic N) is 2. The van der Waals surface area contributed by atoms with Crippen molar-refractivity contribution in [2.24, 2.45) is 0 Å². The van der Waals surface area contributed by atoms with E-state index in [0.717, 1.165) is 30.4 Å². The average Bonchev–Trinajstić information content (AvgIpc) is 3.35. The molecule has 3 aliphatic rings. The van der Waals surface area contributed by atoms with Crippen LogP contribution in [-0.2, 0) is 11.2 Å². The van der Waals surface area contributed by atoms with Gasteiger partial charge in [-0.1, -0.05) is 30.4 Å². The standard InChI is InChI=1S/C29H31FN4O4/c1-33-25-16-21(11-14-29(37)12-3-2-4-13-29)7-10-26(25)38-19-24(27(33)35)32-28(36)34-18-22(17-31-34)15-20-5-8-23(30)9-6-20/h5-10,16,18,24,31,37H,2-4,12-13,15,17,19H2,1H3,(H,32,36)/t24-/m0/s1. The van der Waals surface area contributed by atoms with Crippen LogP contribution in [0.1, 0.15) is 43.2 Å². The highest BCUT2D eigenvalue weighted by Crippen LogP contribution is 2.32. The van der Waals surface area contributed by atoms with E-state index in [1.165, 1.54) is 22.0 Å². The van der Waals surface area contributed by atoms with Crippen molar-refractivity contribution >= 4 is 17.6 Å². The summed E-state index contributed by atoms with van der Waals surface area (Å²) in [6.45, 7) is 0.441. The molecule has 1 aliphatic carbocycles. The molecule has 0 radical (unpaired) electrons. The second kappa shape index (κ2) is 10.9. The van der Waals surface area contributed by atoms with Crippen LogP contribution in [0.25, 0.3) is 0 Å². The summed E-state index contributed by atoms with van der Waals surface area (Å²) < 4.78 is 19.0. The number of hydrogen-bond donors (Lipinski definition) is 3. The van der Waals surface area contributed by atoms with Gasteiger partial charge in [-0.25, -0.2) is 19.6 Å². The first kappa shape index (κ1) is 25.8.